The van der Waals surface area contributed by atoms with Crippen molar-refractivity contribution in [3.63, 3.8) is 0 Å². The van der Waals surface area contributed by atoms with Crippen LogP contribution in [0.5, 0.6) is 0 Å². The number of aromatic carboxylic acids is 1. The summed E-state index contributed by atoms with van der Waals surface area (Å²) in [6.45, 7) is -0.0234. The molecule has 0 radical (unpaired) electrons. The average molecular weight is 413 g/mol. The van der Waals surface area contributed by atoms with E-state index in [0.29, 0.717) is 3.57 Å². The molecule has 8 nitrogen and oxygen atoms in total. The zero-order valence-electron chi connectivity index (χ0n) is 10.1. The van der Waals surface area contributed by atoms with Crippen LogP contribution in [0.4, 0.5) is 4.79 Å². The molecule has 0 aliphatic heterocycles. The van der Waals surface area contributed by atoms with Crippen molar-refractivity contribution in [1.29, 1.82) is 0 Å². The highest BCUT2D eigenvalue weighted by molar-refractivity contribution is 14.1. The second-order valence-corrected chi connectivity index (χ2v) is 6.56. The molecule has 0 bridgehead atoms. The van der Waals surface area contributed by atoms with E-state index in [2.05, 4.69) is 10.0 Å². The average Bonchev–Trinajstić information content (AvgIpc) is 2.34. The number of carboxylic acid groups (broad SMARTS) is 1. The summed E-state index contributed by atoms with van der Waals surface area (Å²) in [6, 6.07) is 3.03. The normalized spacial score (nSPS) is 11.1. The van der Waals surface area contributed by atoms with Crippen molar-refractivity contribution in [2.45, 2.75) is 4.90 Å². The highest BCUT2D eigenvalue weighted by Crippen LogP contribution is 2.17. The van der Waals surface area contributed by atoms with Crippen molar-refractivity contribution in [3.05, 3.63) is 27.3 Å². The van der Waals surface area contributed by atoms with E-state index in [-0.39, 0.29) is 23.5 Å². The number of benzene rings is 1. The zero-order chi connectivity index (χ0) is 15.3. The Morgan fingerprint density at radius 3 is 2.50 bits per heavy atom. The van der Waals surface area contributed by atoms with E-state index in [9.17, 15) is 18.0 Å². The van der Waals surface area contributed by atoms with Crippen molar-refractivity contribution in [1.82, 2.24) is 10.0 Å². The van der Waals surface area contributed by atoms with Gasteiger partial charge in [-0.15, -0.1) is 0 Å². The topological polar surface area (TPSA) is 139 Å². The fraction of sp³-hybridized carbons (Fsp3) is 0.200. The Morgan fingerprint density at radius 1 is 1.30 bits per heavy atom. The minimum atomic E-state index is -3.84. The van der Waals surface area contributed by atoms with Crippen LogP contribution in [0.2, 0.25) is 0 Å². The molecule has 20 heavy (non-hydrogen) atoms. The maximum absolute atomic E-state index is 11.9. The summed E-state index contributed by atoms with van der Waals surface area (Å²) >= 11 is 1.80. The van der Waals surface area contributed by atoms with Gasteiger partial charge in [-0.05, 0) is 40.8 Å². The summed E-state index contributed by atoms with van der Waals surface area (Å²) in [5, 5.41) is 11.2. The van der Waals surface area contributed by atoms with Crippen molar-refractivity contribution < 1.29 is 23.1 Å². The molecule has 0 aromatic heterocycles. The maximum Gasteiger partial charge on any atom is 0.336 e. The molecule has 0 saturated carbocycles. The smallest absolute Gasteiger partial charge is 0.336 e. The number of carbonyl (C=O) groups excluding carboxylic acids is 1. The monoisotopic (exact) mass is 413 g/mol. The Hall–Kier alpha value is -1.40. The highest BCUT2D eigenvalue weighted by Gasteiger charge is 2.17. The number of carboxylic acids is 1. The Morgan fingerprint density at radius 2 is 1.95 bits per heavy atom. The van der Waals surface area contributed by atoms with Gasteiger partial charge in [-0.25, -0.2) is 22.7 Å². The molecule has 0 spiro atoms. The van der Waals surface area contributed by atoms with Crippen LogP contribution in [-0.4, -0.2) is 38.6 Å². The van der Waals surface area contributed by atoms with Crippen LogP contribution in [0.15, 0.2) is 23.1 Å². The molecule has 5 N–H and O–H groups in total. The van der Waals surface area contributed by atoms with Gasteiger partial charge in [-0.1, -0.05) is 0 Å². The largest absolute Gasteiger partial charge is 0.478 e. The first-order valence-electron chi connectivity index (χ1n) is 5.30. The van der Waals surface area contributed by atoms with Gasteiger partial charge in [0, 0.05) is 16.7 Å². The van der Waals surface area contributed by atoms with Gasteiger partial charge in [0.1, 0.15) is 0 Å². The number of sulfonamides is 1. The van der Waals surface area contributed by atoms with Crippen LogP contribution < -0.4 is 15.8 Å². The summed E-state index contributed by atoms with van der Waals surface area (Å²) in [7, 11) is -3.84. The lowest BCUT2D eigenvalue weighted by Crippen LogP contribution is -2.37. The molecule has 10 heteroatoms. The van der Waals surface area contributed by atoms with Crippen molar-refractivity contribution in [2.75, 3.05) is 13.1 Å². The third-order valence-corrected chi connectivity index (χ3v) is 4.59. The molecule has 0 fully saturated rings. The van der Waals surface area contributed by atoms with Gasteiger partial charge in [0.15, 0.2) is 0 Å². The molecule has 0 aliphatic carbocycles. The number of hydrogen-bond donors (Lipinski definition) is 4. The van der Waals surface area contributed by atoms with Crippen molar-refractivity contribution >= 4 is 44.6 Å². The molecule has 0 aliphatic rings. The van der Waals surface area contributed by atoms with E-state index in [1.807, 2.05) is 0 Å². The number of carbonyl (C=O) groups is 2. The van der Waals surface area contributed by atoms with Crippen LogP contribution in [0.3, 0.4) is 0 Å². The lowest BCUT2D eigenvalue weighted by atomic mass is 10.2. The van der Waals surface area contributed by atoms with Crippen molar-refractivity contribution in [2.24, 2.45) is 5.73 Å². The second kappa shape index (κ2) is 6.85. The van der Waals surface area contributed by atoms with E-state index in [0.717, 1.165) is 6.07 Å². The summed E-state index contributed by atoms with van der Waals surface area (Å²) in [5.74, 6) is -1.21. The number of halogens is 1. The van der Waals surface area contributed by atoms with Crippen LogP contribution in [0.25, 0.3) is 0 Å². The number of urea groups is 1. The van der Waals surface area contributed by atoms with Gasteiger partial charge in [0.2, 0.25) is 10.0 Å². The van der Waals surface area contributed by atoms with Crippen LogP contribution in [0.1, 0.15) is 10.4 Å². The number of hydrogen-bond acceptors (Lipinski definition) is 4. The number of nitrogens with two attached hydrogens (primary N) is 1. The van der Waals surface area contributed by atoms with E-state index in [4.69, 9.17) is 10.8 Å². The molecule has 1 aromatic rings. The van der Waals surface area contributed by atoms with Crippen LogP contribution in [-0.2, 0) is 10.0 Å². The fourth-order valence-corrected chi connectivity index (χ4v) is 2.91. The number of rotatable bonds is 6. The lowest BCUT2D eigenvalue weighted by molar-refractivity contribution is 0.0695. The summed E-state index contributed by atoms with van der Waals surface area (Å²) in [4.78, 5) is 21.2. The Bertz CT molecular complexity index is 632. The fourth-order valence-electron chi connectivity index (χ4n) is 1.29. The first kappa shape index (κ1) is 16.7. The van der Waals surface area contributed by atoms with Gasteiger partial charge < -0.3 is 16.2 Å². The molecule has 110 valence electrons. The molecule has 0 unspecified atom stereocenters. The van der Waals surface area contributed by atoms with E-state index in [1.165, 1.54) is 12.1 Å². The molecular weight excluding hydrogens is 401 g/mol. The first-order valence-corrected chi connectivity index (χ1v) is 7.86. The van der Waals surface area contributed by atoms with Crippen LogP contribution >= 0.6 is 22.6 Å². The third-order valence-electron chi connectivity index (χ3n) is 2.19. The molecule has 0 atom stereocenters. The summed E-state index contributed by atoms with van der Waals surface area (Å²) in [5.41, 5.74) is 4.74. The summed E-state index contributed by atoms with van der Waals surface area (Å²) < 4.78 is 26.5. The van der Waals surface area contributed by atoms with Gasteiger partial charge in [0.25, 0.3) is 0 Å². The SMILES string of the molecule is NC(=O)NCCNS(=O)(=O)c1ccc(I)c(C(=O)O)c1. The highest BCUT2D eigenvalue weighted by atomic mass is 127. The Labute approximate surface area is 128 Å². The second-order valence-electron chi connectivity index (χ2n) is 3.64. The predicted molar refractivity (Wildman–Crippen MR) is 78.9 cm³/mol. The quantitative estimate of drug-likeness (QED) is 0.382. The number of nitrogens with one attached hydrogen (secondary N) is 2. The van der Waals surface area contributed by atoms with Crippen LogP contribution in [0, 0.1) is 3.57 Å². The van der Waals surface area contributed by atoms with Gasteiger partial charge in [0.05, 0.1) is 10.5 Å². The zero-order valence-corrected chi connectivity index (χ0v) is 13.1. The molecule has 1 aromatic carbocycles. The molecular formula is C10H12IN3O5S. The van der Waals surface area contributed by atoms with E-state index in [1.54, 1.807) is 22.6 Å². The van der Waals surface area contributed by atoms with Crippen molar-refractivity contribution in [3.8, 4) is 0 Å². The molecule has 0 saturated heterocycles. The van der Waals surface area contributed by atoms with Gasteiger partial charge in [-0.3, -0.25) is 0 Å². The number of primary amides is 1. The molecule has 2 amide bonds. The maximum atomic E-state index is 11.9. The Balaban J connectivity index is 2.85. The number of amides is 2. The lowest BCUT2D eigenvalue weighted by Gasteiger charge is -2.08. The van der Waals surface area contributed by atoms with E-state index < -0.39 is 22.0 Å². The van der Waals surface area contributed by atoms with Gasteiger partial charge in [-0.2, -0.15) is 0 Å². The predicted octanol–water partition coefficient (Wildman–Crippen LogP) is -0.0640. The minimum absolute atomic E-state index is 0.0325. The first-order chi connectivity index (χ1) is 9.24. The third kappa shape index (κ3) is 4.61. The standard InChI is InChI=1S/C10H12IN3O5S/c11-8-2-1-6(5-7(8)9(15)16)20(18,19)14-4-3-13-10(12)17/h1-2,5,14H,3-4H2,(H,15,16)(H3,12,13,17). The minimum Gasteiger partial charge on any atom is -0.478 e. The van der Waals surface area contributed by atoms with Gasteiger partial charge >= 0.3 is 12.0 Å². The Kier molecular flexibility index (Phi) is 5.71. The molecule has 0 heterocycles. The summed E-state index contributed by atoms with van der Waals surface area (Å²) in [6.07, 6.45) is 0. The molecule has 1 rings (SSSR count). The van der Waals surface area contributed by atoms with E-state index >= 15 is 0 Å².